The monoisotopic (exact) mass is 1140 g/mol. The molecular weight excluding hydrogens is 1090 g/mol. The van der Waals surface area contributed by atoms with E-state index < -0.39 is 5.91 Å². The van der Waals surface area contributed by atoms with Crippen LogP contribution in [-0.4, -0.2) is 101 Å². The molecule has 5 aromatic heterocycles. The van der Waals surface area contributed by atoms with Gasteiger partial charge in [-0.25, -0.2) is 29.9 Å². The van der Waals surface area contributed by atoms with Crippen molar-refractivity contribution in [3.63, 3.8) is 0 Å². The number of thiazole rings is 2. The number of imide groups is 1. The molecule has 8 aromatic rings. The second-order valence-corrected chi connectivity index (χ2v) is 20.9. The molecule has 406 valence electrons. The number of esters is 1. The summed E-state index contributed by atoms with van der Waals surface area (Å²) in [7, 11) is 0. The van der Waals surface area contributed by atoms with Crippen molar-refractivity contribution < 1.29 is 29.3 Å². The van der Waals surface area contributed by atoms with Gasteiger partial charge in [-0.1, -0.05) is 53.0 Å². The van der Waals surface area contributed by atoms with E-state index in [9.17, 15) is 34.2 Å². The van der Waals surface area contributed by atoms with E-state index in [4.69, 9.17) is 4.74 Å². The quantitative estimate of drug-likeness (QED) is 0.0918. The highest BCUT2D eigenvalue weighted by molar-refractivity contribution is 8.18. The van der Waals surface area contributed by atoms with Crippen LogP contribution in [0.25, 0.3) is 29.1 Å². The van der Waals surface area contributed by atoms with Crippen molar-refractivity contribution in [2.45, 2.75) is 32.9 Å². The number of carbonyl (C=O) groups excluding carboxylic acids is 3. The van der Waals surface area contributed by atoms with Gasteiger partial charge in [-0.2, -0.15) is 0 Å². The number of anilines is 1. The fourth-order valence-electron chi connectivity index (χ4n) is 8.62. The lowest BCUT2D eigenvalue weighted by atomic mass is 9.98. The molecule has 0 saturated carbocycles. The highest BCUT2D eigenvalue weighted by Gasteiger charge is 2.29. The number of hydrogen-bond acceptors (Lipinski definition) is 20. The summed E-state index contributed by atoms with van der Waals surface area (Å²) < 4.78 is 5.19. The minimum Gasteiger partial charge on any atom is -0.493 e. The lowest BCUT2D eigenvalue weighted by Gasteiger charge is -2.32. The van der Waals surface area contributed by atoms with Crippen LogP contribution in [0.5, 0.6) is 11.8 Å². The third-order valence-electron chi connectivity index (χ3n) is 12.4. The summed E-state index contributed by atoms with van der Waals surface area (Å²) >= 11 is 2.78. The number of nitrogens with zero attached hydrogens (tertiary/aromatic N) is 11. The van der Waals surface area contributed by atoms with Gasteiger partial charge in [0.1, 0.15) is 24.8 Å². The number of amides is 2. The molecule has 5 N–H and O–H groups in total. The average molecular weight is 1140 g/mol. The van der Waals surface area contributed by atoms with E-state index in [1.54, 1.807) is 36.8 Å². The van der Waals surface area contributed by atoms with Gasteiger partial charge in [-0.3, -0.25) is 59.2 Å². The van der Waals surface area contributed by atoms with Gasteiger partial charge in [0, 0.05) is 48.2 Å². The van der Waals surface area contributed by atoms with Crippen LogP contribution in [0.1, 0.15) is 57.5 Å². The third-order valence-corrected chi connectivity index (χ3v) is 14.8. The molecule has 1 unspecified atom stereocenters. The maximum atomic E-state index is 12.2. The van der Waals surface area contributed by atoms with Crippen molar-refractivity contribution in [2.75, 3.05) is 24.6 Å². The number of aliphatic imine (C=N–C) groups is 4. The first-order valence-corrected chi connectivity index (χ1v) is 27.5. The molecule has 22 nitrogen and oxygen atoms in total. The van der Waals surface area contributed by atoms with Crippen molar-refractivity contribution in [1.29, 1.82) is 0 Å². The maximum absolute atomic E-state index is 12.2. The average Bonchev–Trinajstić information content (AvgIpc) is 4.18. The zero-order chi connectivity index (χ0) is 56.2. The van der Waals surface area contributed by atoms with Crippen molar-refractivity contribution in [2.24, 2.45) is 35.9 Å². The van der Waals surface area contributed by atoms with E-state index >= 15 is 0 Å². The number of piperidine rings is 1. The first-order chi connectivity index (χ1) is 39.4. The van der Waals surface area contributed by atoms with Crippen LogP contribution in [0.4, 0.5) is 10.6 Å². The lowest BCUT2D eigenvalue weighted by Crippen LogP contribution is -2.40. The first kappa shape index (κ1) is 54.6. The molecule has 4 aliphatic heterocycles. The molecule has 81 heavy (non-hydrogen) atoms. The van der Waals surface area contributed by atoms with E-state index in [-0.39, 0.29) is 38.6 Å². The standard InChI is InChI=1S/C20H20N4O4S.2C18H13N5O2S/c1-2-28-19(26)13-4-3-7-24(10-13)17-14-8-12(5-6-15(14)21-11-22-17)9-16-18(25)23-20(27)29-16;24-17-15(26-18(25)23-17)7-11-3-4-14-13(6-11)16(22-10-21-14)20-9-12-2-1-5-19-8-12;24-17-15(26-18(25)23-17)8-11-4-5-14-13(7-11)16(22-10-21-14)20-9-12-3-1-2-6-19-12/h5-6,8-9,11,13H,2-4,7,10H2,1H3,(H,23,25,27);2*1-8,10,24H,9H2,(H,23,25). The molecule has 0 radical (unpaired) electrons. The summed E-state index contributed by atoms with van der Waals surface area (Å²) in [5.74, 6) is 0.902. The van der Waals surface area contributed by atoms with Crippen LogP contribution in [0.2, 0.25) is 0 Å². The summed E-state index contributed by atoms with van der Waals surface area (Å²) in [5, 5.41) is 25.4. The van der Waals surface area contributed by atoms with E-state index in [1.165, 1.54) is 19.0 Å². The van der Waals surface area contributed by atoms with Gasteiger partial charge < -0.3 is 19.8 Å². The van der Waals surface area contributed by atoms with Crippen LogP contribution in [0.15, 0.2) is 154 Å². The number of carbonyl (C=O) groups is 3. The van der Waals surface area contributed by atoms with Crippen LogP contribution in [0, 0.1) is 5.92 Å². The fraction of sp³-hybridized carbons (Fsp3) is 0.161. The minimum absolute atomic E-state index is 0.133. The number of H-pyrrole nitrogens is 2. The van der Waals surface area contributed by atoms with Gasteiger partial charge in [-0.15, -0.1) is 0 Å². The Bertz CT molecular complexity index is 4080. The highest BCUT2D eigenvalue weighted by atomic mass is 32.2. The Morgan fingerprint density at radius 2 is 1.47 bits per heavy atom. The van der Waals surface area contributed by atoms with Gasteiger partial charge in [0.2, 0.25) is 11.8 Å². The van der Waals surface area contributed by atoms with E-state index in [2.05, 4.69) is 70.1 Å². The summed E-state index contributed by atoms with van der Waals surface area (Å²) in [5.41, 5.74) is 4.98. The summed E-state index contributed by atoms with van der Waals surface area (Å²) in [4.78, 5) is 109. The van der Waals surface area contributed by atoms with E-state index in [0.29, 0.717) is 52.6 Å². The molecular formula is C56H46N14O8S3. The zero-order valence-electron chi connectivity index (χ0n) is 42.8. The Balaban J connectivity index is 0.000000137. The normalized spacial score (nSPS) is 17.2. The molecule has 0 spiro atoms. The minimum atomic E-state index is -0.391. The zero-order valence-corrected chi connectivity index (χ0v) is 45.2. The highest BCUT2D eigenvalue weighted by Crippen LogP contribution is 2.31. The molecule has 0 aliphatic carbocycles. The Kier molecular flexibility index (Phi) is 17.1. The molecule has 12 rings (SSSR count). The van der Waals surface area contributed by atoms with Crippen molar-refractivity contribution in [1.82, 2.24) is 35.2 Å². The smallest absolute Gasteiger partial charge is 0.310 e. The SMILES string of the molecule is CCOC(=O)C1CCCN(c2ncnc3ccc(C=C4SC(=O)NC4=O)cc23)C1.O=c1[nH]c(O)c(C=c2ccc3c(c2)C(=NCc2ccccn2)N=CN=3)s1.O=c1[nH]c(O)c(C=c2ccc3c(c2)C(=NCc2cccnc2)N=CN=3)s1. The first-order valence-electron chi connectivity index (χ1n) is 25.0. The number of amidine groups is 2. The number of aromatic amines is 2. The third kappa shape index (κ3) is 13.8. The predicted molar refractivity (Wildman–Crippen MR) is 311 cm³/mol. The fourth-order valence-corrected chi connectivity index (χ4v) is 10.7. The number of fused-ring (bicyclic) bond motifs is 3. The second-order valence-electron chi connectivity index (χ2n) is 17.9. The lowest BCUT2D eigenvalue weighted by molar-refractivity contribution is -0.148. The summed E-state index contributed by atoms with van der Waals surface area (Å²) in [6.45, 7) is 4.40. The predicted octanol–water partition coefficient (Wildman–Crippen LogP) is 4.68. The molecule has 25 heteroatoms. The Labute approximate surface area is 471 Å². The van der Waals surface area contributed by atoms with Gasteiger partial charge in [0.15, 0.2) is 11.7 Å². The van der Waals surface area contributed by atoms with Crippen molar-refractivity contribution >= 4 is 111 Å². The number of nitrogens with one attached hydrogen (secondary N) is 3. The summed E-state index contributed by atoms with van der Waals surface area (Å²) in [6, 6.07) is 26.3. The molecule has 2 amide bonds. The number of rotatable bonds is 10. The number of aromatic nitrogens is 6. The number of hydrogen-bond donors (Lipinski definition) is 5. The largest absolute Gasteiger partial charge is 0.493 e. The van der Waals surface area contributed by atoms with Crippen molar-refractivity contribution in [3.8, 4) is 11.8 Å². The molecule has 4 aliphatic rings. The van der Waals surface area contributed by atoms with Gasteiger partial charge in [-0.05, 0) is 126 Å². The van der Waals surface area contributed by atoms with Crippen molar-refractivity contribution in [3.05, 3.63) is 193 Å². The molecule has 3 aromatic carbocycles. The number of ether oxygens (including phenoxy) is 1. The van der Waals surface area contributed by atoms with Crippen LogP contribution in [0.3, 0.4) is 0 Å². The molecule has 2 saturated heterocycles. The number of pyridine rings is 2. The molecule has 2 fully saturated rings. The van der Waals surface area contributed by atoms with Gasteiger partial charge in [0.05, 0.1) is 62.2 Å². The topological polar surface area (TPSA) is 308 Å². The molecule has 0 bridgehead atoms. The summed E-state index contributed by atoms with van der Waals surface area (Å²) in [6.07, 6.45) is 16.5. The van der Waals surface area contributed by atoms with Crippen LogP contribution >= 0.6 is 34.4 Å². The number of thioether (sulfide) groups is 1. The van der Waals surface area contributed by atoms with E-state index in [0.717, 1.165) is 120 Å². The number of aromatic hydroxyl groups is 2. The van der Waals surface area contributed by atoms with Crippen LogP contribution < -0.4 is 41.1 Å². The Hall–Kier alpha value is -9.72. The van der Waals surface area contributed by atoms with Crippen LogP contribution in [-0.2, 0) is 27.4 Å². The molecule has 9 heterocycles. The second kappa shape index (κ2) is 25.4. The Morgan fingerprint density at radius 3 is 2.06 bits per heavy atom. The maximum Gasteiger partial charge on any atom is 0.310 e. The van der Waals surface area contributed by atoms with Gasteiger partial charge in [0.25, 0.3) is 11.1 Å². The Morgan fingerprint density at radius 1 is 0.778 bits per heavy atom. The van der Waals surface area contributed by atoms with E-state index in [1.807, 2.05) is 91.9 Å². The molecule has 1 atom stereocenters. The van der Waals surface area contributed by atoms with Gasteiger partial charge >= 0.3 is 15.7 Å². The number of benzene rings is 3.